The molecular formula is C11H11FN4. The van der Waals surface area contributed by atoms with Crippen LogP contribution in [0.15, 0.2) is 24.3 Å². The number of hydrogen-bond acceptors (Lipinski definition) is 3. The van der Waals surface area contributed by atoms with Gasteiger partial charge in [-0.15, -0.1) is 5.10 Å². The average molecular weight is 218 g/mol. The molecule has 1 aliphatic rings. The van der Waals surface area contributed by atoms with Crippen molar-refractivity contribution >= 4 is 5.82 Å². The fourth-order valence-electron chi connectivity index (χ4n) is 1.73. The summed E-state index contributed by atoms with van der Waals surface area (Å²) in [5, 5.41) is 8.01. The van der Waals surface area contributed by atoms with Crippen molar-refractivity contribution in [1.82, 2.24) is 15.0 Å². The highest BCUT2D eigenvalue weighted by Crippen LogP contribution is 2.37. The number of halogens is 1. The van der Waals surface area contributed by atoms with Gasteiger partial charge in [0.1, 0.15) is 11.5 Å². The smallest absolute Gasteiger partial charge is 0.150 e. The summed E-state index contributed by atoms with van der Waals surface area (Å²) in [4.78, 5) is 0. The fraction of sp³-hybridized carbons (Fsp3) is 0.273. The molecule has 1 aliphatic carbocycles. The van der Waals surface area contributed by atoms with E-state index in [1.54, 1.807) is 16.8 Å². The molecule has 0 saturated heterocycles. The van der Waals surface area contributed by atoms with Crippen molar-refractivity contribution in [2.45, 2.75) is 18.9 Å². The zero-order valence-corrected chi connectivity index (χ0v) is 8.60. The van der Waals surface area contributed by atoms with Crippen LogP contribution < -0.4 is 5.73 Å². The van der Waals surface area contributed by atoms with E-state index in [-0.39, 0.29) is 5.82 Å². The fourth-order valence-corrected chi connectivity index (χ4v) is 1.73. The van der Waals surface area contributed by atoms with Crippen LogP contribution in [0.4, 0.5) is 10.2 Å². The Morgan fingerprint density at radius 2 is 2.19 bits per heavy atom. The van der Waals surface area contributed by atoms with Gasteiger partial charge in [0.05, 0.1) is 6.04 Å². The average Bonchev–Trinajstić information content (AvgIpc) is 3.03. The molecule has 16 heavy (non-hydrogen) atoms. The Bertz CT molecular complexity index is 531. The molecule has 0 amide bonds. The first-order valence-corrected chi connectivity index (χ1v) is 5.22. The Balaban J connectivity index is 2.06. The number of anilines is 1. The van der Waals surface area contributed by atoms with Crippen molar-refractivity contribution in [1.29, 1.82) is 0 Å². The lowest BCUT2D eigenvalue weighted by Crippen LogP contribution is -2.02. The van der Waals surface area contributed by atoms with Gasteiger partial charge in [-0.2, -0.15) is 0 Å². The van der Waals surface area contributed by atoms with Gasteiger partial charge in [0, 0.05) is 5.56 Å². The van der Waals surface area contributed by atoms with E-state index in [2.05, 4.69) is 10.3 Å². The molecule has 0 unspecified atom stereocenters. The SMILES string of the molecule is Nc1c(-c2cccc(F)c2)nnn1C1CC1. The van der Waals surface area contributed by atoms with Gasteiger partial charge in [-0.1, -0.05) is 17.3 Å². The number of nitrogen functional groups attached to an aromatic ring is 1. The van der Waals surface area contributed by atoms with Gasteiger partial charge in [0.2, 0.25) is 0 Å². The summed E-state index contributed by atoms with van der Waals surface area (Å²) >= 11 is 0. The quantitative estimate of drug-likeness (QED) is 0.838. The van der Waals surface area contributed by atoms with Crippen LogP contribution in [0.2, 0.25) is 0 Å². The summed E-state index contributed by atoms with van der Waals surface area (Å²) in [7, 11) is 0. The number of nitrogens with zero attached hydrogens (tertiary/aromatic N) is 3. The van der Waals surface area contributed by atoms with Crippen LogP contribution in [0.25, 0.3) is 11.3 Å². The second-order valence-corrected chi connectivity index (χ2v) is 4.01. The first-order valence-electron chi connectivity index (χ1n) is 5.22. The Hall–Kier alpha value is -1.91. The predicted octanol–water partition coefficient (Wildman–Crippen LogP) is 2.00. The van der Waals surface area contributed by atoms with Crippen LogP contribution >= 0.6 is 0 Å². The van der Waals surface area contributed by atoms with Gasteiger partial charge in [0.15, 0.2) is 5.82 Å². The lowest BCUT2D eigenvalue weighted by molar-refractivity contribution is 0.618. The molecule has 82 valence electrons. The highest BCUT2D eigenvalue weighted by molar-refractivity contribution is 5.69. The minimum atomic E-state index is -0.294. The summed E-state index contributed by atoms with van der Waals surface area (Å²) in [5.41, 5.74) is 7.17. The second-order valence-electron chi connectivity index (χ2n) is 4.01. The van der Waals surface area contributed by atoms with Crippen LogP contribution in [0, 0.1) is 5.82 Å². The number of hydrogen-bond donors (Lipinski definition) is 1. The molecular weight excluding hydrogens is 207 g/mol. The van der Waals surface area contributed by atoms with Crippen LogP contribution in [0.1, 0.15) is 18.9 Å². The number of benzene rings is 1. The Kier molecular flexibility index (Phi) is 1.92. The molecule has 1 heterocycles. The van der Waals surface area contributed by atoms with Gasteiger partial charge in [-0.3, -0.25) is 0 Å². The Morgan fingerprint density at radius 3 is 2.88 bits per heavy atom. The van der Waals surface area contributed by atoms with E-state index in [1.807, 2.05) is 0 Å². The maximum atomic E-state index is 13.1. The van der Waals surface area contributed by atoms with Gasteiger partial charge in [0.25, 0.3) is 0 Å². The number of rotatable bonds is 2. The monoisotopic (exact) mass is 218 g/mol. The molecule has 1 fully saturated rings. The van der Waals surface area contributed by atoms with Crippen molar-refractivity contribution in [3.63, 3.8) is 0 Å². The maximum Gasteiger partial charge on any atom is 0.150 e. The minimum Gasteiger partial charge on any atom is -0.382 e. The predicted molar refractivity (Wildman–Crippen MR) is 58.1 cm³/mol. The molecule has 2 aromatic rings. The third-order valence-electron chi connectivity index (χ3n) is 2.72. The van der Waals surface area contributed by atoms with Gasteiger partial charge in [-0.25, -0.2) is 9.07 Å². The van der Waals surface area contributed by atoms with Crippen LogP contribution in [0.5, 0.6) is 0 Å². The van der Waals surface area contributed by atoms with E-state index in [0.29, 0.717) is 23.1 Å². The molecule has 1 aromatic carbocycles. The van der Waals surface area contributed by atoms with E-state index >= 15 is 0 Å². The Labute approximate surface area is 91.9 Å². The van der Waals surface area contributed by atoms with Crippen LogP contribution in [-0.2, 0) is 0 Å². The molecule has 0 aliphatic heterocycles. The molecule has 2 N–H and O–H groups in total. The third-order valence-corrected chi connectivity index (χ3v) is 2.72. The van der Waals surface area contributed by atoms with Crippen LogP contribution in [0.3, 0.4) is 0 Å². The molecule has 0 bridgehead atoms. The summed E-state index contributed by atoms with van der Waals surface area (Å²) in [6, 6.07) is 6.61. The van der Waals surface area contributed by atoms with Crippen molar-refractivity contribution in [2.24, 2.45) is 0 Å². The van der Waals surface area contributed by atoms with Gasteiger partial charge in [-0.05, 0) is 25.0 Å². The summed E-state index contributed by atoms with van der Waals surface area (Å²) in [6.07, 6.45) is 2.19. The summed E-state index contributed by atoms with van der Waals surface area (Å²) < 4.78 is 14.8. The maximum absolute atomic E-state index is 13.1. The van der Waals surface area contributed by atoms with E-state index in [1.165, 1.54) is 12.1 Å². The van der Waals surface area contributed by atoms with Gasteiger partial charge >= 0.3 is 0 Å². The molecule has 1 aromatic heterocycles. The van der Waals surface area contributed by atoms with Crippen molar-refractivity contribution in [3.05, 3.63) is 30.1 Å². The lowest BCUT2D eigenvalue weighted by Gasteiger charge is -2.01. The van der Waals surface area contributed by atoms with E-state index in [0.717, 1.165) is 12.8 Å². The largest absolute Gasteiger partial charge is 0.382 e. The number of aromatic nitrogens is 3. The van der Waals surface area contributed by atoms with Crippen LogP contribution in [-0.4, -0.2) is 15.0 Å². The molecule has 0 spiro atoms. The topological polar surface area (TPSA) is 56.7 Å². The Morgan fingerprint density at radius 1 is 1.38 bits per heavy atom. The first kappa shape index (κ1) is 9.33. The third kappa shape index (κ3) is 1.44. The van der Waals surface area contributed by atoms with Gasteiger partial charge < -0.3 is 5.73 Å². The van der Waals surface area contributed by atoms with Crippen molar-refractivity contribution in [3.8, 4) is 11.3 Å². The van der Waals surface area contributed by atoms with Crippen molar-refractivity contribution < 1.29 is 4.39 Å². The summed E-state index contributed by atoms with van der Waals surface area (Å²) in [6.45, 7) is 0. The minimum absolute atomic E-state index is 0.294. The molecule has 1 saturated carbocycles. The molecule has 5 heteroatoms. The zero-order valence-electron chi connectivity index (χ0n) is 8.60. The summed E-state index contributed by atoms with van der Waals surface area (Å²) in [5.74, 6) is 0.228. The second kappa shape index (κ2) is 3.30. The van der Waals surface area contributed by atoms with E-state index in [9.17, 15) is 4.39 Å². The highest BCUT2D eigenvalue weighted by Gasteiger charge is 2.28. The van der Waals surface area contributed by atoms with E-state index < -0.39 is 0 Å². The van der Waals surface area contributed by atoms with Crippen molar-refractivity contribution in [2.75, 3.05) is 5.73 Å². The normalized spacial score (nSPS) is 15.3. The zero-order chi connectivity index (χ0) is 11.1. The molecule has 0 atom stereocenters. The lowest BCUT2D eigenvalue weighted by atomic mass is 10.1. The molecule has 4 nitrogen and oxygen atoms in total. The molecule has 0 radical (unpaired) electrons. The highest BCUT2D eigenvalue weighted by atomic mass is 19.1. The first-order chi connectivity index (χ1) is 7.75. The number of nitrogens with two attached hydrogens (primary N) is 1. The standard InChI is InChI=1S/C11H11FN4/c12-8-3-1-2-7(6-8)10-11(13)16(15-14-10)9-4-5-9/h1-3,6,9H,4-5,13H2. The molecule has 3 rings (SSSR count). The van der Waals surface area contributed by atoms with E-state index in [4.69, 9.17) is 5.73 Å².